The Morgan fingerprint density at radius 2 is 2.15 bits per heavy atom. The first-order chi connectivity index (χ1) is 9.50. The minimum Gasteiger partial charge on any atom is -0.506 e. The number of anilines is 1. The number of rotatable bonds is 2. The summed E-state index contributed by atoms with van der Waals surface area (Å²) in [6.07, 6.45) is 2.73. The molecule has 1 aromatic carbocycles. The predicted octanol–water partition coefficient (Wildman–Crippen LogP) is 0.916. The molecule has 2 unspecified atom stereocenters. The molecule has 1 saturated carbocycles. The van der Waals surface area contributed by atoms with Gasteiger partial charge >= 0.3 is 0 Å². The molecule has 1 saturated heterocycles. The fraction of sp³-hybridized carbons (Fsp3) is 0.538. The van der Waals surface area contributed by atoms with Crippen molar-refractivity contribution in [2.45, 2.75) is 36.3 Å². The van der Waals surface area contributed by atoms with Crippen molar-refractivity contribution in [1.82, 2.24) is 4.31 Å². The van der Waals surface area contributed by atoms with E-state index in [0.717, 1.165) is 19.3 Å². The molecule has 1 heterocycles. The van der Waals surface area contributed by atoms with E-state index >= 15 is 0 Å². The highest BCUT2D eigenvalue weighted by Crippen LogP contribution is 2.34. The quantitative estimate of drug-likeness (QED) is 0.625. The molecule has 0 spiro atoms. The number of nitrogens with zero attached hydrogens (tertiary/aromatic N) is 1. The topological polar surface area (TPSA) is 92.9 Å². The average molecular weight is 298 g/mol. The Morgan fingerprint density at radius 3 is 2.90 bits per heavy atom. The molecule has 20 heavy (non-hydrogen) atoms. The molecule has 1 aromatic rings. The average Bonchev–Trinajstić information content (AvgIpc) is 2.89. The number of phenols is 1. The third-order valence-electron chi connectivity index (χ3n) is 4.04. The molecule has 0 aromatic heterocycles. The molecular weight excluding hydrogens is 280 g/mol. The molecule has 110 valence electrons. The summed E-state index contributed by atoms with van der Waals surface area (Å²) in [5.41, 5.74) is 5.67. The number of phenolic OH excluding ortho intramolecular Hbond substituents is 1. The SMILES string of the molecule is Nc1cc(S(=O)(=O)N2CCOC3CCCC32)ccc1O. The Kier molecular flexibility index (Phi) is 3.35. The van der Waals surface area contributed by atoms with Crippen LogP contribution in [-0.4, -0.2) is 43.1 Å². The van der Waals surface area contributed by atoms with Gasteiger partial charge in [-0.2, -0.15) is 4.31 Å². The van der Waals surface area contributed by atoms with E-state index in [2.05, 4.69) is 0 Å². The predicted molar refractivity (Wildman–Crippen MR) is 73.8 cm³/mol. The Hall–Kier alpha value is -1.31. The van der Waals surface area contributed by atoms with E-state index in [1.165, 1.54) is 22.5 Å². The maximum Gasteiger partial charge on any atom is 0.243 e. The molecule has 3 rings (SSSR count). The van der Waals surface area contributed by atoms with Crippen LogP contribution in [0.2, 0.25) is 0 Å². The Labute approximate surface area is 118 Å². The monoisotopic (exact) mass is 298 g/mol. The number of hydrogen-bond donors (Lipinski definition) is 2. The van der Waals surface area contributed by atoms with Crippen molar-refractivity contribution >= 4 is 15.7 Å². The first-order valence-electron chi connectivity index (χ1n) is 6.72. The van der Waals surface area contributed by atoms with E-state index in [0.29, 0.717) is 13.2 Å². The third kappa shape index (κ3) is 2.15. The van der Waals surface area contributed by atoms with Crippen molar-refractivity contribution in [3.05, 3.63) is 18.2 Å². The number of nitrogen functional groups attached to an aromatic ring is 1. The number of hydrogen-bond acceptors (Lipinski definition) is 5. The van der Waals surface area contributed by atoms with Gasteiger partial charge in [-0.1, -0.05) is 0 Å². The second-order valence-electron chi connectivity index (χ2n) is 5.24. The number of benzene rings is 1. The second kappa shape index (κ2) is 4.91. The van der Waals surface area contributed by atoms with Crippen LogP contribution in [0.15, 0.2) is 23.1 Å². The number of ether oxygens (including phenoxy) is 1. The fourth-order valence-electron chi connectivity index (χ4n) is 3.02. The molecule has 1 aliphatic heterocycles. The van der Waals surface area contributed by atoms with Crippen LogP contribution in [-0.2, 0) is 14.8 Å². The first-order valence-corrected chi connectivity index (χ1v) is 8.16. The van der Waals surface area contributed by atoms with E-state index in [-0.39, 0.29) is 28.5 Å². The molecule has 1 aliphatic carbocycles. The third-order valence-corrected chi connectivity index (χ3v) is 5.96. The Balaban J connectivity index is 1.96. The summed E-state index contributed by atoms with van der Waals surface area (Å²) in [6, 6.07) is 3.93. The number of aromatic hydroxyl groups is 1. The molecule has 6 nitrogen and oxygen atoms in total. The van der Waals surface area contributed by atoms with Crippen molar-refractivity contribution in [3.8, 4) is 5.75 Å². The molecule has 0 bridgehead atoms. The molecule has 2 atom stereocenters. The van der Waals surface area contributed by atoms with Gasteiger partial charge in [0, 0.05) is 6.54 Å². The van der Waals surface area contributed by atoms with Crippen LogP contribution in [0, 0.1) is 0 Å². The van der Waals surface area contributed by atoms with Gasteiger partial charge in [-0.25, -0.2) is 8.42 Å². The lowest BCUT2D eigenvalue weighted by Crippen LogP contribution is -2.51. The van der Waals surface area contributed by atoms with E-state index in [4.69, 9.17) is 10.5 Å². The second-order valence-corrected chi connectivity index (χ2v) is 7.13. The summed E-state index contributed by atoms with van der Waals surface area (Å²) in [4.78, 5) is 0.125. The number of fused-ring (bicyclic) bond motifs is 1. The lowest BCUT2D eigenvalue weighted by molar-refractivity contribution is -0.0241. The van der Waals surface area contributed by atoms with Gasteiger partial charge in [0.15, 0.2) is 0 Å². The largest absolute Gasteiger partial charge is 0.506 e. The van der Waals surface area contributed by atoms with E-state index in [9.17, 15) is 13.5 Å². The molecule has 0 amide bonds. The van der Waals surface area contributed by atoms with Gasteiger partial charge in [0.1, 0.15) is 5.75 Å². The van der Waals surface area contributed by atoms with E-state index < -0.39 is 10.0 Å². The van der Waals surface area contributed by atoms with Crippen LogP contribution in [0.1, 0.15) is 19.3 Å². The van der Waals surface area contributed by atoms with Gasteiger partial charge in [0.25, 0.3) is 0 Å². The fourth-order valence-corrected chi connectivity index (χ4v) is 4.72. The van der Waals surface area contributed by atoms with Gasteiger partial charge in [-0.3, -0.25) is 0 Å². The summed E-state index contributed by atoms with van der Waals surface area (Å²) in [5.74, 6) is -0.107. The van der Waals surface area contributed by atoms with Gasteiger partial charge in [-0.05, 0) is 37.5 Å². The van der Waals surface area contributed by atoms with Crippen LogP contribution in [0.3, 0.4) is 0 Å². The van der Waals surface area contributed by atoms with Crippen LogP contribution in [0.4, 0.5) is 5.69 Å². The first kappa shape index (κ1) is 13.7. The standard InChI is InChI=1S/C13H18N2O4S/c14-10-8-9(4-5-12(10)16)20(17,18)15-6-7-19-13-3-1-2-11(13)15/h4-5,8,11,13,16H,1-3,6-7,14H2. The highest BCUT2D eigenvalue weighted by Gasteiger charge is 2.42. The highest BCUT2D eigenvalue weighted by molar-refractivity contribution is 7.89. The van der Waals surface area contributed by atoms with Crippen LogP contribution in [0.5, 0.6) is 5.75 Å². The number of morpholine rings is 1. The molecular formula is C13H18N2O4S. The summed E-state index contributed by atoms with van der Waals surface area (Å²) in [7, 11) is -3.59. The minimum absolute atomic E-state index is 0.00740. The molecule has 2 aliphatic rings. The summed E-state index contributed by atoms with van der Waals surface area (Å²) in [5, 5.41) is 9.42. The summed E-state index contributed by atoms with van der Waals surface area (Å²) < 4.78 is 32.6. The van der Waals surface area contributed by atoms with Crippen molar-refractivity contribution < 1.29 is 18.3 Å². The lowest BCUT2D eigenvalue weighted by Gasteiger charge is -2.36. The van der Waals surface area contributed by atoms with Crippen molar-refractivity contribution in [1.29, 1.82) is 0 Å². The lowest BCUT2D eigenvalue weighted by atomic mass is 10.2. The maximum absolute atomic E-state index is 12.7. The zero-order valence-electron chi connectivity index (χ0n) is 11.0. The molecule has 0 radical (unpaired) electrons. The Morgan fingerprint density at radius 1 is 1.35 bits per heavy atom. The van der Waals surface area contributed by atoms with Crippen molar-refractivity contribution in [2.75, 3.05) is 18.9 Å². The summed E-state index contributed by atoms with van der Waals surface area (Å²) >= 11 is 0. The zero-order valence-corrected chi connectivity index (χ0v) is 11.8. The summed E-state index contributed by atoms with van der Waals surface area (Å²) in [6.45, 7) is 0.790. The van der Waals surface area contributed by atoms with E-state index in [1.54, 1.807) is 0 Å². The van der Waals surface area contributed by atoms with Crippen LogP contribution in [0.25, 0.3) is 0 Å². The molecule has 3 N–H and O–H groups in total. The number of nitrogens with two attached hydrogens (primary N) is 1. The van der Waals surface area contributed by atoms with Gasteiger partial charge in [-0.15, -0.1) is 0 Å². The number of sulfonamides is 1. The van der Waals surface area contributed by atoms with Gasteiger partial charge < -0.3 is 15.6 Å². The van der Waals surface area contributed by atoms with Gasteiger partial charge in [0.2, 0.25) is 10.0 Å². The van der Waals surface area contributed by atoms with E-state index in [1.807, 2.05) is 0 Å². The van der Waals surface area contributed by atoms with Crippen LogP contribution >= 0.6 is 0 Å². The van der Waals surface area contributed by atoms with Crippen LogP contribution < -0.4 is 5.73 Å². The normalized spacial score (nSPS) is 27.4. The molecule has 7 heteroatoms. The minimum atomic E-state index is -3.59. The maximum atomic E-state index is 12.7. The molecule has 2 fully saturated rings. The smallest absolute Gasteiger partial charge is 0.243 e. The zero-order chi connectivity index (χ0) is 14.3. The highest BCUT2D eigenvalue weighted by atomic mass is 32.2. The van der Waals surface area contributed by atoms with Crippen molar-refractivity contribution in [3.63, 3.8) is 0 Å². The Bertz CT molecular complexity index is 617. The van der Waals surface area contributed by atoms with Gasteiger partial charge in [0.05, 0.1) is 29.3 Å². The van der Waals surface area contributed by atoms with Crippen molar-refractivity contribution in [2.24, 2.45) is 0 Å².